The number of halogens is 1. The number of amides is 1. The molecule has 0 saturated heterocycles. The zero-order valence-corrected chi connectivity index (χ0v) is 15.6. The van der Waals surface area contributed by atoms with Gasteiger partial charge >= 0.3 is 5.97 Å². The van der Waals surface area contributed by atoms with Crippen LogP contribution in [0.1, 0.15) is 11.1 Å². The van der Waals surface area contributed by atoms with E-state index in [-0.39, 0.29) is 41.0 Å². The standard InChI is InChI=1S/C20H17FN2O6/c1-26-15-8-11(9-16(27-2)18(15)28-10-17(22)24)7-14-20(25)29-19(23-14)12-5-3-4-6-13(12)21/h3-9H,10H2,1-2H3,(H2,22,24). The lowest BCUT2D eigenvalue weighted by molar-refractivity contribution is -0.130. The van der Waals surface area contributed by atoms with Gasteiger partial charge in [-0.25, -0.2) is 14.2 Å². The third-order valence-corrected chi connectivity index (χ3v) is 3.87. The smallest absolute Gasteiger partial charge is 0.363 e. The van der Waals surface area contributed by atoms with Gasteiger partial charge in [-0.1, -0.05) is 12.1 Å². The first-order valence-electron chi connectivity index (χ1n) is 8.37. The number of primary amides is 1. The first-order chi connectivity index (χ1) is 13.9. The highest BCUT2D eigenvalue weighted by molar-refractivity contribution is 6.13. The van der Waals surface area contributed by atoms with Crippen LogP contribution in [0.25, 0.3) is 6.08 Å². The van der Waals surface area contributed by atoms with Gasteiger partial charge in [-0.05, 0) is 35.9 Å². The summed E-state index contributed by atoms with van der Waals surface area (Å²) < 4.78 is 34.9. The molecule has 0 aromatic heterocycles. The summed E-state index contributed by atoms with van der Waals surface area (Å²) in [4.78, 5) is 27.2. The summed E-state index contributed by atoms with van der Waals surface area (Å²) in [5.74, 6) is -1.39. The van der Waals surface area contributed by atoms with Gasteiger partial charge < -0.3 is 24.7 Å². The maximum atomic E-state index is 13.9. The monoisotopic (exact) mass is 400 g/mol. The van der Waals surface area contributed by atoms with Gasteiger partial charge in [0.1, 0.15) is 5.82 Å². The Hall–Kier alpha value is -3.88. The molecule has 150 valence electrons. The predicted octanol–water partition coefficient (Wildman–Crippen LogP) is 2.05. The third kappa shape index (κ3) is 4.34. The number of aliphatic imine (C=N–C) groups is 1. The van der Waals surface area contributed by atoms with Gasteiger partial charge in [0.25, 0.3) is 5.91 Å². The first kappa shape index (κ1) is 19.9. The molecule has 9 heteroatoms. The van der Waals surface area contributed by atoms with Crippen LogP contribution >= 0.6 is 0 Å². The minimum Gasteiger partial charge on any atom is -0.493 e. The van der Waals surface area contributed by atoms with Crippen molar-refractivity contribution in [2.24, 2.45) is 10.7 Å². The molecule has 1 heterocycles. The van der Waals surface area contributed by atoms with Crippen molar-refractivity contribution in [3.63, 3.8) is 0 Å². The normalized spacial score (nSPS) is 14.4. The van der Waals surface area contributed by atoms with E-state index in [0.717, 1.165) is 0 Å². The van der Waals surface area contributed by atoms with Crippen LogP contribution in [0.2, 0.25) is 0 Å². The lowest BCUT2D eigenvalue weighted by Gasteiger charge is -2.14. The molecule has 2 aromatic carbocycles. The summed E-state index contributed by atoms with van der Waals surface area (Å²) >= 11 is 0. The number of carbonyl (C=O) groups is 2. The van der Waals surface area contributed by atoms with Crippen LogP contribution in [-0.4, -0.2) is 38.6 Å². The third-order valence-electron chi connectivity index (χ3n) is 3.87. The Bertz CT molecular complexity index is 1010. The summed E-state index contributed by atoms with van der Waals surface area (Å²) in [5.41, 5.74) is 5.63. The SMILES string of the molecule is COc1cc(C=C2N=C(c3ccccc3F)OC2=O)cc(OC)c1OCC(N)=O. The van der Waals surface area contributed by atoms with Crippen molar-refractivity contribution in [2.75, 3.05) is 20.8 Å². The zero-order valence-electron chi connectivity index (χ0n) is 15.6. The number of cyclic esters (lactones) is 1. The number of methoxy groups -OCH3 is 2. The molecule has 0 unspecified atom stereocenters. The Kier molecular flexibility index (Phi) is 5.77. The number of benzene rings is 2. The highest BCUT2D eigenvalue weighted by Gasteiger charge is 2.26. The van der Waals surface area contributed by atoms with Crippen molar-refractivity contribution in [1.29, 1.82) is 0 Å². The molecule has 0 saturated carbocycles. The number of ether oxygens (including phenoxy) is 4. The first-order valence-corrected chi connectivity index (χ1v) is 8.37. The minimum absolute atomic E-state index is 0.0295. The molecule has 2 N–H and O–H groups in total. The Morgan fingerprint density at radius 3 is 2.45 bits per heavy atom. The maximum Gasteiger partial charge on any atom is 0.363 e. The molecule has 2 aromatic rings. The van der Waals surface area contributed by atoms with Crippen molar-refractivity contribution in [3.8, 4) is 17.2 Å². The quantitative estimate of drug-likeness (QED) is 0.563. The minimum atomic E-state index is -0.727. The zero-order chi connectivity index (χ0) is 21.0. The van der Waals surface area contributed by atoms with Gasteiger partial charge in [-0.3, -0.25) is 4.79 Å². The summed E-state index contributed by atoms with van der Waals surface area (Å²) in [6.45, 7) is -0.365. The molecule has 3 rings (SSSR count). The molecule has 1 aliphatic heterocycles. The molecule has 0 fully saturated rings. The molecule has 0 radical (unpaired) electrons. The Morgan fingerprint density at radius 2 is 1.86 bits per heavy atom. The highest BCUT2D eigenvalue weighted by Crippen LogP contribution is 2.39. The summed E-state index contributed by atoms with van der Waals surface area (Å²) in [5, 5.41) is 0. The Morgan fingerprint density at radius 1 is 1.21 bits per heavy atom. The van der Waals surface area contributed by atoms with Crippen molar-refractivity contribution in [2.45, 2.75) is 0 Å². The van der Waals surface area contributed by atoms with Crippen LogP contribution in [-0.2, 0) is 14.3 Å². The average molecular weight is 400 g/mol. The fraction of sp³-hybridized carbons (Fsp3) is 0.150. The van der Waals surface area contributed by atoms with Gasteiger partial charge in [0.15, 0.2) is 23.8 Å². The van der Waals surface area contributed by atoms with Crippen LogP contribution in [0.4, 0.5) is 4.39 Å². The second-order valence-electron chi connectivity index (χ2n) is 5.83. The Labute approximate surface area is 165 Å². The molecule has 29 heavy (non-hydrogen) atoms. The largest absolute Gasteiger partial charge is 0.493 e. The molecule has 0 atom stereocenters. The molecule has 0 aliphatic carbocycles. The molecule has 0 spiro atoms. The predicted molar refractivity (Wildman–Crippen MR) is 101 cm³/mol. The van der Waals surface area contributed by atoms with Crippen molar-refractivity contribution in [3.05, 3.63) is 59.0 Å². The lowest BCUT2D eigenvalue weighted by atomic mass is 10.1. The number of hydrogen-bond donors (Lipinski definition) is 1. The number of nitrogens with two attached hydrogens (primary N) is 1. The summed E-state index contributed by atoms with van der Waals surface area (Å²) in [6, 6.07) is 8.94. The molecule has 1 amide bonds. The molecule has 0 bridgehead atoms. The number of esters is 1. The van der Waals surface area contributed by atoms with Gasteiger partial charge in [-0.2, -0.15) is 0 Å². The lowest BCUT2D eigenvalue weighted by Crippen LogP contribution is -2.20. The number of rotatable bonds is 7. The fourth-order valence-corrected chi connectivity index (χ4v) is 2.59. The van der Waals surface area contributed by atoms with Crippen LogP contribution < -0.4 is 19.9 Å². The number of carbonyl (C=O) groups excluding carboxylic acids is 2. The van der Waals surface area contributed by atoms with E-state index in [1.165, 1.54) is 38.5 Å². The van der Waals surface area contributed by atoms with Gasteiger partial charge in [0.2, 0.25) is 11.6 Å². The average Bonchev–Trinajstić information content (AvgIpc) is 3.06. The van der Waals surface area contributed by atoms with Gasteiger partial charge in [-0.15, -0.1) is 0 Å². The fourth-order valence-electron chi connectivity index (χ4n) is 2.59. The summed E-state index contributed by atoms with van der Waals surface area (Å²) in [6.07, 6.45) is 1.43. The van der Waals surface area contributed by atoms with Crippen molar-refractivity contribution < 1.29 is 32.9 Å². The second kappa shape index (κ2) is 8.42. The van der Waals surface area contributed by atoms with E-state index in [1.54, 1.807) is 18.2 Å². The van der Waals surface area contributed by atoms with E-state index in [2.05, 4.69) is 4.99 Å². The van der Waals surface area contributed by atoms with Gasteiger partial charge in [0.05, 0.1) is 19.8 Å². The van der Waals surface area contributed by atoms with Crippen LogP contribution in [0.3, 0.4) is 0 Å². The van der Waals surface area contributed by atoms with E-state index in [1.807, 2.05) is 0 Å². The number of nitrogens with zero attached hydrogens (tertiary/aromatic N) is 1. The van der Waals surface area contributed by atoms with Crippen molar-refractivity contribution >= 4 is 23.9 Å². The van der Waals surface area contributed by atoms with Crippen LogP contribution in [0.5, 0.6) is 17.2 Å². The Balaban J connectivity index is 1.98. The van der Waals surface area contributed by atoms with E-state index in [4.69, 9.17) is 24.7 Å². The van der Waals surface area contributed by atoms with Gasteiger partial charge in [0, 0.05) is 0 Å². The van der Waals surface area contributed by atoms with E-state index >= 15 is 0 Å². The highest BCUT2D eigenvalue weighted by atomic mass is 19.1. The van der Waals surface area contributed by atoms with E-state index < -0.39 is 17.7 Å². The second-order valence-corrected chi connectivity index (χ2v) is 5.83. The topological polar surface area (TPSA) is 109 Å². The molecule has 8 nitrogen and oxygen atoms in total. The molecular formula is C20H17FN2O6. The van der Waals surface area contributed by atoms with Crippen LogP contribution in [0.15, 0.2) is 47.1 Å². The van der Waals surface area contributed by atoms with Crippen molar-refractivity contribution in [1.82, 2.24) is 0 Å². The molecule has 1 aliphatic rings. The maximum absolute atomic E-state index is 13.9. The summed E-state index contributed by atoms with van der Waals surface area (Å²) in [7, 11) is 2.81. The molecular weight excluding hydrogens is 383 g/mol. The van der Waals surface area contributed by atoms with Crippen LogP contribution in [0, 0.1) is 5.82 Å². The van der Waals surface area contributed by atoms with E-state index in [0.29, 0.717) is 5.56 Å². The van der Waals surface area contributed by atoms with E-state index in [9.17, 15) is 14.0 Å². The number of hydrogen-bond acceptors (Lipinski definition) is 7.